The first kappa shape index (κ1) is 11.3. The van der Waals surface area contributed by atoms with Crippen LogP contribution in [0.25, 0.3) is 0 Å². The van der Waals surface area contributed by atoms with Gasteiger partial charge < -0.3 is 14.2 Å². The van der Waals surface area contributed by atoms with Gasteiger partial charge in [0.1, 0.15) is 5.56 Å². The summed E-state index contributed by atoms with van der Waals surface area (Å²) in [5, 5.41) is 0.567. The first-order valence-electron chi connectivity index (χ1n) is 4.92. The Bertz CT molecular complexity index is 417. The smallest absolute Gasteiger partial charge is 0.342 e. The molecule has 5 heteroatoms. The van der Waals surface area contributed by atoms with Crippen molar-refractivity contribution in [1.82, 2.24) is 0 Å². The van der Waals surface area contributed by atoms with E-state index >= 15 is 0 Å². The Morgan fingerprint density at radius 1 is 1.50 bits per heavy atom. The molecule has 0 radical (unpaired) electrons. The van der Waals surface area contributed by atoms with Crippen molar-refractivity contribution in [2.24, 2.45) is 0 Å². The lowest BCUT2D eigenvalue weighted by atomic mass is 10.1. The van der Waals surface area contributed by atoms with Gasteiger partial charge in [-0.2, -0.15) is 0 Å². The number of rotatable bonds is 3. The topological polar surface area (TPSA) is 44.8 Å². The highest BCUT2D eigenvalue weighted by Crippen LogP contribution is 2.38. The maximum atomic E-state index is 11.8. The lowest BCUT2D eigenvalue weighted by molar-refractivity contribution is 0.0521. The minimum atomic E-state index is -0.376. The fourth-order valence-corrected chi connectivity index (χ4v) is 2.02. The Labute approximate surface area is 102 Å². The van der Waals surface area contributed by atoms with Gasteiger partial charge in [-0.1, -0.05) is 22.0 Å². The molecule has 1 aromatic carbocycles. The van der Waals surface area contributed by atoms with Gasteiger partial charge in [0.25, 0.3) is 0 Å². The fourth-order valence-electron chi connectivity index (χ4n) is 1.55. The Morgan fingerprint density at radius 3 is 3.00 bits per heavy atom. The molecule has 1 aromatic rings. The minimum absolute atomic E-state index is 0.146. The number of hydrogen-bond acceptors (Lipinski definition) is 4. The van der Waals surface area contributed by atoms with Gasteiger partial charge in [-0.25, -0.2) is 4.79 Å². The van der Waals surface area contributed by atoms with Gasteiger partial charge in [0.2, 0.25) is 6.79 Å². The number of halogens is 1. The van der Waals surface area contributed by atoms with Gasteiger partial charge in [-0.3, -0.25) is 0 Å². The number of benzene rings is 1. The zero-order chi connectivity index (χ0) is 11.5. The molecule has 1 aliphatic heterocycles. The highest BCUT2D eigenvalue weighted by Gasteiger charge is 2.25. The van der Waals surface area contributed by atoms with Crippen molar-refractivity contribution in [2.45, 2.75) is 12.3 Å². The highest BCUT2D eigenvalue weighted by molar-refractivity contribution is 9.08. The van der Waals surface area contributed by atoms with Crippen LogP contribution in [-0.4, -0.2) is 19.4 Å². The van der Waals surface area contributed by atoms with Crippen LogP contribution in [0.4, 0.5) is 0 Å². The first-order chi connectivity index (χ1) is 7.77. The molecule has 0 unspecified atom stereocenters. The summed E-state index contributed by atoms with van der Waals surface area (Å²) >= 11 is 3.33. The van der Waals surface area contributed by atoms with Crippen molar-refractivity contribution >= 4 is 21.9 Å². The second-order valence-electron chi connectivity index (χ2n) is 3.19. The van der Waals surface area contributed by atoms with Crippen molar-refractivity contribution in [2.75, 3.05) is 13.4 Å². The quantitative estimate of drug-likeness (QED) is 0.633. The van der Waals surface area contributed by atoms with Crippen molar-refractivity contribution in [3.05, 3.63) is 23.3 Å². The number of fused-ring (bicyclic) bond motifs is 1. The number of ether oxygens (including phenoxy) is 3. The Balaban J connectivity index is 2.47. The van der Waals surface area contributed by atoms with Gasteiger partial charge in [0, 0.05) is 5.33 Å². The second kappa shape index (κ2) is 4.74. The largest absolute Gasteiger partial charge is 0.462 e. The van der Waals surface area contributed by atoms with Gasteiger partial charge in [0.05, 0.1) is 6.61 Å². The zero-order valence-corrected chi connectivity index (χ0v) is 10.4. The molecule has 2 rings (SSSR count). The van der Waals surface area contributed by atoms with Crippen LogP contribution in [0.2, 0.25) is 0 Å². The second-order valence-corrected chi connectivity index (χ2v) is 3.75. The number of carbonyl (C=O) groups is 1. The van der Waals surface area contributed by atoms with Crippen LogP contribution >= 0.6 is 15.9 Å². The molecule has 0 aliphatic carbocycles. The first-order valence-corrected chi connectivity index (χ1v) is 6.04. The van der Waals surface area contributed by atoms with Crippen LogP contribution in [0.3, 0.4) is 0 Å². The number of hydrogen-bond donors (Lipinski definition) is 0. The molecule has 0 saturated carbocycles. The van der Waals surface area contributed by atoms with E-state index in [1.807, 2.05) is 6.07 Å². The SMILES string of the molecule is CCOC(=O)c1c(CBr)ccc2c1OCO2. The maximum absolute atomic E-state index is 11.8. The lowest BCUT2D eigenvalue weighted by Crippen LogP contribution is -2.09. The van der Waals surface area contributed by atoms with Crippen LogP contribution in [0.5, 0.6) is 11.5 Å². The summed E-state index contributed by atoms with van der Waals surface area (Å²) in [6.07, 6.45) is 0. The number of carbonyl (C=O) groups excluding carboxylic acids is 1. The molecule has 86 valence electrons. The van der Waals surface area contributed by atoms with E-state index in [-0.39, 0.29) is 12.8 Å². The average molecular weight is 287 g/mol. The summed E-state index contributed by atoms with van der Waals surface area (Å²) in [4.78, 5) is 11.8. The van der Waals surface area contributed by atoms with Crippen molar-refractivity contribution in [1.29, 1.82) is 0 Å². The molecule has 0 saturated heterocycles. The minimum Gasteiger partial charge on any atom is -0.462 e. The average Bonchev–Trinajstić information content (AvgIpc) is 2.75. The molecule has 0 amide bonds. The Hall–Kier alpha value is -1.23. The molecular formula is C11H11BrO4. The van der Waals surface area contributed by atoms with Crippen molar-refractivity contribution in [3.8, 4) is 11.5 Å². The molecule has 0 bridgehead atoms. The van der Waals surface area contributed by atoms with E-state index < -0.39 is 0 Å². The molecular weight excluding hydrogens is 276 g/mol. The number of esters is 1. The summed E-state index contributed by atoms with van der Waals surface area (Å²) in [5.74, 6) is 0.697. The monoisotopic (exact) mass is 286 g/mol. The molecule has 0 fully saturated rings. The third kappa shape index (κ3) is 1.87. The van der Waals surface area contributed by atoms with Crippen LogP contribution in [0.1, 0.15) is 22.8 Å². The molecule has 4 nitrogen and oxygen atoms in total. The van der Waals surface area contributed by atoms with Crippen molar-refractivity contribution in [3.63, 3.8) is 0 Å². The van der Waals surface area contributed by atoms with Gasteiger partial charge in [-0.05, 0) is 18.6 Å². The summed E-state index contributed by atoms with van der Waals surface area (Å²) in [5.41, 5.74) is 1.29. The Morgan fingerprint density at radius 2 is 2.31 bits per heavy atom. The van der Waals surface area contributed by atoms with Gasteiger partial charge >= 0.3 is 5.97 Å². The predicted octanol–water partition coefficient (Wildman–Crippen LogP) is 2.49. The lowest BCUT2D eigenvalue weighted by Gasteiger charge is -2.09. The summed E-state index contributed by atoms with van der Waals surface area (Å²) in [6, 6.07) is 3.62. The molecule has 0 aromatic heterocycles. The third-order valence-electron chi connectivity index (χ3n) is 2.25. The van der Waals surface area contributed by atoms with E-state index in [9.17, 15) is 4.79 Å². The third-order valence-corrected chi connectivity index (χ3v) is 2.85. The van der Waals surface area contributed by atoms with E-state index in [2.05, 4.69) is 15.9 Å². The Kier molecular flexibility index (Phi) is 3.33. The van der Waals surface area contributed by atoms with Crippen LogP contribution in [0, 0.1) is 0 Å². The van der Waals surface area contributed by atoms with E-state index in [1.54, 1.807) is 13.0 Å². The van der Waals surface area contributed by atoms with Gasteiger partial charge in [0.15, 0.2) is 11.5 Å². The fraction of sp³-hybridized carbons (Fsp3) is 0.364. The normalized spacial score (nSPS) is 12.6. The number of alkyl halides is 1. The summed E-state index contributed by atoms with van der Waals surface area (Å²) in [7, 11) is 0. The standard InChI is InChI=1S/C11H11BrO4/c1-2-14-11(13)9-7(5-12)3-4-8-10(9)16-6-15-8/h3-4H,2,5-6H2,1H3. The van der Waals surface area contributed by atoms with Crippen LogP contribution < -0.4 is 9.47 Å². The van der Waals surface area contributed by atoms with Crippen LogP contribution in [0.15, 0.2) is 12.1 Å². The summed E-state index contributed by atoms with van der Waals surface area (Å²) < 4.78 is 15.5. The van der Waals surface area contributed by atoms with E-state index in [0.29, 0.717) is 29.0 Å². The molecule has 0 N–H and O–H groups in total. The van der Waals surface area contributed by atoms with Gasteiger partial charge in [-0.15, -0.1) is 0 Å². The van der Waals surface area contributed by atoms with E-state index in [4.69, 9.17) is 14.2 Å². The highest BCUT2D eigenvalue weighted by atomic mass is 79.9. The molecule has 1 aliphatic rings. The van der Waals surface area contributed by atoms with Crippen molar-refractivity contribution < 1.29 is 19.0 Å². The van der Waals surface area contributed by atoms with E-state index in [1.165, 1.54) is 0 Å². The maximum Gasteiger partial charge on any atom is 0.342 e. The molecule has 0 atom stereocenters. The van der Waals surface area contributed by atoms with E-state index in [0.717, 1.165) is 5.56 Å². The summed E-state index contributed by atoms with van der Waals surface area (Å²) in [6.45, 7) is 2.25. The van der Waals surface area contributed by atoms with Crippen LogP contribution in [-0.2, 0) is 10.1 Å². The zero-order valence-electron chi connectivity index (χ0n) is 8.79. The molecule has 16 heavy (non-hydrogen) atoms. The molecule has 0 spiro atoms. The predicted molar refractivity (Wildman–Crippen MR) is 61.2 cm³/mol. The molecule has 1 heterocycles.